The quantitative estimate of drug-likeness (QED) is 0.132. The standard InChI is InChI=1S/C41H38N10O.2HI.Zn/c1-50(2,3)22-24(23-51(4,5)6)52-32-21-13-20-31-33(32)41-48-39-30-19-12-11-18-29(30)37(46-39)44-35-26-15-8-7-14-25(26)34(42-35)43-36-27-16-9-10-17-28(27)38(45-36)47-40(31)49-41;;;/h7-21,24H,22-23H2,1-6H3;2*1H;/q;;;+2/p-2. The normalized spacial score (nSPS) is 12.1. The van der Waals surface area contributed by atoms with Crippen molar-refractivity contribution in [2.24, 2.45) is 0 Å². The topological polar surface area (TPSA) is 115 Å². The SMILES string of the molecule is C[N+](C)(C)CC(C[N+](C)(C)C)Oc1cccc2c1-c1nc3nc(nc4[n-]c(nc5[n-]c(nc-2n1)c1ccccc51)c1ccccc41)-c1ccccc1-3.[I-].[I-].[Zn+2]. The Bertz CT molecular complexity index is 2720. The van der Waals surface area contributed by atoms with Crippen molar-refractivity contribution in [3.8, 4) is 51.3 Å². The van der Waals surface area contributed by atoms with Crippen LogP contribution in [0.2, 0.25) is 0 Å². The Balaban J connectivity index is 0.00000171. The Morgan fingerprint density at radius 1 is 0.473 bits per heavy atom. The molecule has 0 radical (unpaired) electrons. The first-order valence-corrected chi connectivity index (χ1v) is 17.4. The average Bonchev–Trinajstić information content (AvgIpc) is 3.83. The van der Waals surface area contributed by atoms with Crippen LogP contribution in [-0.4, -0.2) is 100 Å². The van der Waals surface area contributed by atoms with E-state index >= 15 is 0 Å². The summed E-state index contributed by atoms with van der Waals surface area (Å²) in [7, 11) is 13.1. The second-order valence-corrected chi connectivity index (χ2v) is 15.5. The van der Waals surface area contributed by atoms with Crippen molar-refractivity contribution in [2.75, 3.05) is 55.4 Å². The smallest absolute Gasteiger partial charge is 1.00 e. The largest absolute Gasteiger partial charge is 2.00 e. The van der Waals surface area contributed by atoms with E-state index in [1.165, 1.54) is 0 Å². The van der Waals surface area contributed by atoms with Gasteiger partial charge in [-0.25, -0.2) is 15.0 Å². The fraction of sp³-hybridized carbons (Fsp3) is 0.220. The van der Waals surface area contributed by atoms with Crippen LogP contribution in [0.4, 0.5) is 0 Å². The molecule has 3 aromatic heterocycles. The molecule has 0 aliphatic carbocycles. The van der Waals surface area contributed by atoms with Gasteiger partial charge in [-0.2, -0.15) is 0 Å². The predicted molar refractivity (Wildman–Crippen MR) is 204 cm³/mol. The van der Waals surface area contributed by atoms with Crippen LogP contribution in [0.5, 0.6) is 5.75 Å². The maximum absolute atomic E-state index is 6.96. The molecule has 0 unspecified atom stereocenters. The van der Waals surface area contributed by atoms with Crippen LogP contribution >= 0.6 is 0 Å². The first-order valence-electron chi connectivity index (χ1n) is 17.4. The maximum Gasteiger partial charge on any atom is 2.00 e. The maximum atomic E-state index is 6.96. The molecule has 0 N–H and O–H groups in total. The molecule has 274 valence electrons. The van der Waals surface area contributed by atoms with Gasteiger partial charge in [0.2, 0.25) is 0 Å². The van der Waals surface area contributed by atoms with Crippen molar-refractivity contribution in [3.63, 3.8) is 0 Å². The number of quaternary nitrogens is 2. The Labute approximate surface area is 366 Å². The van der Waals surface area contributed by atoms with Gasteiger partial charge in [0.15, 0.2) is 17.8 Å². The molecule has 8 bridgehead atoms. The first kappa shape index (κ1) is 40.7. The van der Waals surface area contributed by atoms with E-state index in [4.69, 9.17) is 44.6 Å². The van der Waals surface area contributed by atoms with Crippen molar-refractivity contribution in [1.82, 2.24) is 39.9 Å². The number of rotatable bonds is 6. The van der Waals surface area contributed by atoms with Gasteiger partial charge in [-0.3, -0.25) is 0 Å². The zero-order valence-electron chi connectivity index (χ0n) is 31.5. The van der Waals surface area contributed by atoms with E-state index in [0.29, 0.717) is 51.6 Å². The number of hydrogen-bond acceptors (Lipinski definition) is 7. The third kappa shape index (κ3) is 7.88. The zero-order chi connectivity index (χ0) is 35.8. The predicted octanol–water partition coefficient (Wildman–Crippen LogP) is 0.293. The number of likely N-dealkylation sites (N-methyl/N-ethyl adjacent to an activating group) is 2. The second-order valence-electron chi connectivity index (χ2n) is 15.5. The Morgan fingerprint density at radius 2 is 0.855 bits per heavy atom. The third-order valence-electron chi connectivity index (χ3n) is 9.21. The minimum absolute atomic E-state index is 0. The zero-order valence-corrected chi connectivity index (χ0v) is 38.8. The molecular formula is C41H38I2N10OZn. The number of halogens is 2. The molecule has 0 spiro atoms. The third-order valence-corrected chi connectivity index (χ3v) is 9.21. The summed E-state index contributed by atoms with van der Waals surface area (Å²) in [5.41, 5.74) is 5.44. The molecule has 2 aliphatic rings. The van der Waals surface area contributed by atoms with Crippen LogP contribution < -0.4 is 62.7 Å². The molecule has 0 saturated carbocycles. The van der Waals surface area contributed by atoms with Crippen LogP contribution in [0.25, 0.3) is 89.7 Å². The van der Waals surface area contributed by atoms with E-state index in [-0.39, 0.29) is 73.5 Å². The molecular weight excluding hydrogens is 968 g/mol. The minimum Gasteiger partial charge on any atom is -1.00 e. The summed E-state index contributed by atoms with van der Waals surface area (Å²) in [6.45, 7) is 1.62. The van der Waals surface area contributed by atoms with Gasteiger partial charge in [0, 0.05) is 39.3 Å². The van der Waals surface area contributed by atoms with E-state index in [1.54, 1.807) is 0 Å². The van der Waals surface area contributed by atoms with Gasteiger partial charge >= 0.3 is 19.5 Å². The van der Waals surface area contributed by atoms with Crippen LogP contribution in [-0.2, 0) is 19.5 Å². The minimum atomic E-state index is -0.0833. The molecule has 55 heavy (non-hydrogen) atoms. The van der Waals surface area contributed by atoms with E-state index in [1.807, 2.05) is 91.0 Å². The molecule has 0 saturated heterocycles. The molecule has 0 atom stereocenters. The number of benzene rings is 4. The Hall–Kier alpha value is -3.96. The number of fused-ring (bicyclic) bond motifs is 20. The van der Waals surface area contributed by atoms with E-state index in [9.17, 15) is 0 Å². The van der Waals surface area contributed by atoms with Gasteiger partial charge in [0.1, 0.15) is 18.8 Å². The van der Waals surface area contributed by atoms with Gasteiger partial charge in [-0.1, -0.05) is 84.9 Å². The average molecular weight is 1010 g/mol. The number of hydrogen-bond donors (Lipinski definition) is 0. The summed E-state index contributed by atoms with van der Waals surface area (Å²) < 4.78 is 8.47. The van der Waals surface area contributed by atoms with Crippen molar-refractivity contribution >= 4 is 44.1 Å². The van der Waals surface area contributed by atoms with Crippen molar-refractivity contribution in [2.45, 2.75) is 6.10 Å². The van der Waals surface area contributed by atoms with Crippen molar-refractivity contribution in [3.05, 3.63) is 91.0 Å². The van der Waals surface area contributed by atoms with Gasteiger partial charge in [-0.05, 0) is 27.6 Å². The van der Waals surface area contributed by atoms with E-state index in [0.717, 1.165) is 65.9 Å². The summed E-state index contributed by atoms with van der Waals surface area (Å²) in [6, 6.07) is 30.0. The van der Waals surface area contributed by atoms with Gasteiger partial charge in [0.05, 0.1) is 59.5 Å². The van der Waals surface area contributed by atoms with Crippen LogP contribution in [0, 0.1) is 0 Å². The van der Waals surface area contributed by atoms with Crippen molar-refractivity contribution in [1.29, 1.82) is 0 Å². The van der Waals surface area contributed by atoms with Crippen LogP contribution in [0.3, 0.4) is 0 Å². The molecule has 0 fully saturated rings. The summed E-state index contributed by atoms with van der Waals surface area (Å²) in [6.07, 6.45) is -0.0833. The molecule has 11 nitrogen and oxygen atoms in total. The molecule has 4 aromatic carbocycles. The fourth-order valence-electron chi connectivity index (χ4n) is 7.16. The molecule has 7 aromatic rings. The number of aromatic nitrogens is 8. The van der Waals surface area contributed by atoms with Gasteiger partial charge < -0.3 is 86.6 Å². The van der Waals surface area contributed by atoms with Gasteiger partial charge in [-0.15, -0.1) is 0 Å². The molecule has 9 rings (SSSR count). The molecule has 0 amide bonds. The summed E-state index contributed by atoms with van der Waals surface area (Å²) in [5, 5.41) is 3.50. The Kier molecular flexibility index (Phi) is 11.5. The van der Waals surface area contributed by atoms with Crippen LogP contribution in [0.1, 0.15) is 0 Å². The van der Waals surface area contributed by atoms with Crippen molar-refractivity contribution < 1.29 is 81.1 Å². The monoisotopic (exact) mass is 1000 g/mol. The number of ether oxygens (including phenoxy) is 1. The first-order chi connectivity index (χ1) is 25.0. The molecule has 5 heterocycles. The second kappa shape index (κ2) is 15.5. The van der Waals surface area contributed by atoms with Gasteiger partial charge in [0.25, 0.3) is 0 Å². The molecule has 14 heteroatoms. The van der Waals surface area contributed by atoms with E-state index in [2.05, 4.69) is 42.3 Å². The van der Waals surface area contributed by atoms with E-state index < -0.39 is 0 Å². The summed E-state index contributed by atoms with van der Waals surface area (Å²) >= 11 is 0. The fourth-order valence-corrected chi connectivity index (χ4v) is 7.16. The van der Waals surface area contributed by atoms with Crippen LogP contribution in [0.15, 0.2) is 91.0 Å². The molecule has 2 aliphatic heterocycles. The summed E-state index contributed by atoms with van der Waals surface area (Å²) in [5.74, 6) is 2.71. The Morgan fingerprint density at radius 3 is 1.33 bits per heavy atom. The number of nitrogens with zero attached hydrogens (tertiary/aromatic N) is 10. The summed E-state index contributed by atoms with van der Waals surface area (Å²) in [4.78, 5) is 40.4.